The number of hydrogen-bond acceptors (Lipinski definition) is 6. The summed E-state index contributed by atoms with van der Waals surface area (Å²) in [6.45, 7) is 4.38. The second kappa shape index (κ2) is 8.99. The van der Waals surface area contributed by atoms with Gasteiger partial charge in [0.15, 0.2) is 5.96 Å². The summed E-state index contributed by atoms with van der Waals surface area (Å²) in [5.41, 5.74) is 0.393. The van der Waals surface area contributed by atoms with Crippen molar-refractivity contribution in [2.75, 3.05) is 53.4 Å². The molecule has 0 spiro atoms. The first-order valence-electron chi connectivity index (χ1n) is 8.44. The van der Waals surface area contributed by atoms with Gasteiger partial charge in [-0.3, -0.25) is 4.79 Å². The summed E-state index contributed by atoms with van der Waals surface area (Å²) in [6.07, 6.45) is 1.36. The predicted molar refractivity (Wildman–Crippen MR) is 96.9 cm³/mol. The molecule has 2 heterocycles. The van der Waals surface area contributed by atoms with Crippen LogP contribution in [0.25, 0.3) is 0 Å². The molecule has 0 bridgehead atoms. The third-order valence-electron chi connectivity index (χ3n) is 3.95. The van der Waals surface area contributed by atoms with Crippen LogP contribution in [0.2, 0.25) is 0 Å². The van der Waals surface area contributed by atoms with E-state index >= 15 is 0 Å². The molecule has 1 aliphatic rings. The molecule has 26 heavy (non-hydrogen) atoms. The van der Waals surface area contributed by atoms with E-state index in [0.717, 1.165) is 0 Å². The summed E-state index contributed by atoms with van der Waals surface area (Å²) in [4.78, 5) is 19.6. The molecule has 0 radical (unpaired) electrons. The summed E-state index contributed by atoms with van der Waals surface area (Å²) in [5.74, 6) is 0.361. The Kier molecular flexibility index (Phi) is 6.98. The van der Waals surface area contributed by atoms with Gasteiger partial charge in [0, 0.05) is 52.9 Å². The number of rotatable bonds is 6. The van der Waals surface area contributed by atoms with E-state index < -0.39 is 10.0 Å². The molecule has 0 aliphatic carbocycles. The molecule has 1 fully saturated rings. The Morgan fingerprint density at radius 2 is 2.04 bits per heavy atom. The van der Waals surface area contributed by atoms with Gasteiger partial charge >= 0.3 is 0 Å². The Labute approximate surface area is 153 Å². The largest absolute Gasteiger partial charge is 0.364 e. The van der Waals surface area contributed by atoms with Crippen LogP contribution in [0, 0.1) is 0 Å². The van der Waals surface area contributed by atoms with Gasteiger partial charge in [-0.2, -0.15) is 4.31 Å². The molecule has 0 unspecified atom stereocenters. The zero-order valence-corrected chi connectivity index (χ0v) is 16.2. The number of carbonyl (C=O) groups is 1. The number of nitrogens with zero attached hydrogens (tertiary/aromatic N) is 5. The number of likely N-dealkylation sites (N-methyl/N-ethyl adjacent to an activating group) is 1. The van der Waals surface area contributed by atoms with Crippen molar-refractivity contribution < 1.29 is 17.7 Å². The topological polar surface area (TPSA) is 111 Å². The predicted octanol–water partition coefficient (Wildman–Crippen LogP) is -0.824. The Bertz CT molecular complexity index is 709. The number of carbonyl (C=O) groups excluding carboxylic acids is 1. The van der Waals surface area contributed by atoms with Gasteiger partial charge in [0.2, 0.25) is 15.9 Å². The SMILES string of the molecule is CCNC(=NCC(=O)N(C)C)N1CCN(S(=O)(=O)Cc2ccon2)CC1. The first-order valence-corrected chi connectivity index (χ1v) is 10.0. The lowest BCUT2D eigenvalue weighted by molar-refractivity contribution is -0.127. The molecule has 0 saturated carbocycles. The Balaban J connectivity index is 1.96. The molecule has 0 aromatic carbocycles. The highest BCUT2D eigenvalue weighted by Crippen LogP contribution is 2.12. The summed E-state index contributed by atoms with van der Waals surface area (Å²) >= 11 is 0. The van der Waals surface area contributed by atoms with Gasteiger partial charge in [0.25, 0.3) is 0 Å². The van der Waals surface area contributed by atoms with Crippen molar-refractivity contribution in [3.05, 3.63) is 18.0 Å². The van der Waals surface area contributed by atoms with Gasteiger partial charge in [-0.1, -0.05) is 5.16 Å². The summed E-state index contributed by atoms with van der Waals surface area (Å²) in [6, 6.07) is 1.55. The zero-order chi connectivity index (χ0) is 19.2. The number of aliphatic imine (C=N–C) groups is 1. The van der Waals surface area contributed by atoms with E-state index in [2.05, 4.69) is 20.0 Å². The van der Waals surface area contributed by atoms with E-state index in [1.54, 1.807) is 20.2 Å². The Morgan fingerprint density at radius 3 is 2.58 bits per heavy atom. The second-order valence-electron chi connectivity index (χ2n) is 6.09. The maximum Gasteiger partial charge on any atom is 0.243 e. The molecule has 146 valence electrons. The molecule has 10 nitrogen and oxygen atoms in total. The monoisotopic (exact) mass is 386 g/mol. The van der Waals surface area contributed by atoms with Crippen molar-refractivity contribution in [1.29, 1.82) is 0 Å². The first kappa shape index (κ1) is 20.2. The van der Waals surface area contributed by atoms with Gasteiger partial charge < -0.3 is 19.6 Å². The van der Waals surface area contributed by atoms with Gasteiger partial charge in [0.1, 0.15) is 18.6 Å². The highest BCUT2D eigenvalue weighted by atomic mass is 32.2. The van der Waals surface area contributed by atoms with Crippen LogP contribution in [0.15, 0.2) is 21.8 Å². The number of piperazine rings is 1. The average molecular weight is 386 g/mol. The smallest absolute Gasteiger partial charge is 0.243 e. The van der Waals surface area contributed by atoms with E-state index in [-0.39, 0.29) is 18.2 Å². The second-order valence-corrected chi connectivity index (χ2v) is 8.06. The molecule has 1 amide bonds. The molecule has 1 aromatic heterocycles. The molecule has 1 N–H and O–H groups in total. The quantitative estimate of drug-likeness (QED) is 0.502. The highest BCUT2D eigenvalue weighted by Gasteiger charge is 2.29. The third-order valence-corrected chi connectivity index (χ3v) is 5.76. The van der Waals surface area contributed by atoms with Gasteiger partial charge in [-0.15, -0.1) is 0 Å². The molecule has 1 aliphatic heterocycles. The molecule has 1 saturated heterocycles. The minimum absolute atomic E-state index is 0.0556. The van der Waals surface area contributed by atoms with E-state index in [9.17, 15) is 13.2 Å². The van der Waals surface area contributed by atoms with Crippen molar-refractivity contribution in [3.8, 4) is 0 Å². The van der Waals surface area contributed by atoms with Crippen LogP contribution in [-0.4, -0.2) is 92.9 Å². The maximum absolute atomic E-state index is 12.5. The fourth-order valence-corrected chi connectivity index (χ4v) is 3.90. The van der Waals surface area contributed by atoms with Crippen LogP contribution >= 0.6 is 0 Å². The van der Waals surface area contributed by atoms with E-state index in [4.69, 9.17) is 0 Å². The van der Waals surface area contributed by atoms with Crippen LogP contribution in [0.1, 0.15) is 12.6 Å². The van der Waals surface area contributed by atoms with Crippen LogP contribution in [0.3, 0.4) is 0 Å². The van der Waals surface area contributed by atoms with Crippen LogP contribution in [0.4, 0.5) is 0 Å². The molecular formula is C15H26N6O4S. The minimum atomic E-state index is -3.44. The molecular weight excluding hydrogens is 360 g/mol. The number of nitrogens with one attached hydrogen (secondary N) is 1. The van der Waals surface area contributed by atoms with E-state index in [1.807, 2.05) is 11.8 Å². The van der Waals surface area contributed by atoms with E-state index in [1.165, 1.54) is 15.5 Å². The summed E-state index contributed by atoms with van der Waals surface area (Å²) in [7, 11) is -0.0739. The summed E-state index contributed by atoms with van der Waals surface area (Å²) < 4.78 is 31.1. The van der Waals surface area contributed by atoms with Crippen LogP contribution in [-0.2, 0) is 20.6 Å². The van der Waals surface area contributed by atoms with Crippen molar-refractivity contribution in [3.63, 3.8) is 0 Å². The molecule has 11 heteroatoms. The van der Waals surface area contributed by atoms with E-state index in [0.29, 0.717) is 44.4 Å². The zero-order valence-electron chi connectivity index (χ0n) is 15.4. The number of guanidine groups is 1. The Hall–Kier alpha value is -2.14. The number of hydrogen-bond donors (Lipinski definition) is 1. The average Bonchev–Trinajstić information content (AvgIpc) is 3.10. The highest BCUT2D eigenvalue weighted by molar-refractivity contribution is 7.88. The normalized spacial score (nSPS) is 16.6. The number of aromatic nitrogens is 1. The summed E-state index contributed by atoms with van der Waals surface area (Å²) in [5, 5.41) is 6.81. The molecule has 0 atom stereocenters. The Morgan fingerprint density at radius 1 is 1.35 bits per heavy atom. The van der Waals surface area contributed by atoms with Gasteiger partial charge in [-0.05, 0) is 6.92 Å². The van der Waals surface area contributed by atoms with Crippen molar-refractivity contribution in [2.24, 2.45) is 4.99 Å². The molecule has 2 rings (SSSR count). The van der Waals surface area contributed by atoms with Gasteiger partial charge in [-0.25, -0.2) is 13.4 Å². The molecule has 1 aromatic rings. The minimum Gasteiger partial charge on any atom is -0.364 e. The fraction of sp³-hybridized carbons (Fsp3) is 0.667. The van der Waals surface area contributed by atoms with Crippen LogP contribution < -0.4 is 5.32 Å². The fourth-order valence-electron chi connectivity index (χ4n) is 2.48. The third kappa shape index (κ3) is 5.43. The van der Waals surface area contributed by atoms with Gasteiger partial charge in [0.05, 0.1) is 5.69 Å². The van der Waals surface area contributed by atoms with Crippen molar-refractivity contribution in [1.82, 2.24) is 24.6 Å². The number of amides is 1. The number of sulfonamides is 1. The lowest BCUT2D eigenvalue weighted by atomic mass is 10.4. The van der Waals surface area contributed by atoms with Crippen LogP contribution in [0.5, 0.6) is 0 Å². The lowest BCUT2D eigenvalue weighted by Crippen LogP contribution is -2.54. The first-order chi connectivity index (χ1) is 12.3. The van der Waals surface area contributed by atoms with Crippen molar-refractivity contribution in [2.45, 2.75) is 12.7 Å². The standard InChI is InChI=1S/C15H26N6O4S/c1-4-16-15(17-11-14(22)19(2)3)20-6-8-21(9-7-20)26(23,24)12-13-5-10-25-18-13/h5,10H,4,6-9,11-12H2,1-3H3,(H,16,17). The lowest BCUT2D eigenvalue weighted by Gasteiger charge is -2.35. The maximum atomic E-state index is 12.5. The van der Waals surface area contributed by atoms with Crippen molar-refractivity contribution >= 4 is 21.9 Å².